The molecule has 0 amide bonds. The van der Waals surface area contributed by atoms with Gasteiger partial charge >= 0.3 is 58.4 Å². The van der Waals surface area contributed by atoms with Gasteiger partial charge in [0.2, 0.25) is 0 Å². The Morgan fingerprint density at radius 2 is 1.88 bits per heavy atom. The molecule has 0 aromatic carbocycles. The fourth-order valence-corrected chi connectivity index (χ4v) is 2.17. The van der Waals surface area contributed by atoms with Crippen LogP contribution >= 0.6 is 0 Å². The third-order valence-corrected chi connectivity index (χ3v) is 3.31. The molecule has 1 aliphatic carbocycles. The predicted octanol–water partition coefficient (Wildman–Crippen LogP) is 0.919. The molecule has 2 atom stereocenters. The van der Waals surface area contributed by atoms with E-state index in [1.165, 1.54) is 6.42 Å². The third kappa shape index (κ3) is 6.25. The van der Waals surface area contributed by atoms with E-state index in [4.69, 9.17) is 4.74 Å². The van der Waals surface area contributed by atoms with E-state index in [0.29, 0.717) is 5.92 Å². The molecule has 0 aliphatic heterocycles. The Hall–Kier alpha value is 1.19. The van der Waals surface area contributed by atoms with Gasteiger partial charge in [0.1, 0.15) is 0 Å². The summed E-state index contributed by atoms with van der Waals surface area (Å²) in [5.74, 6) is 0.419. The summed E-state index contributed by atoms with van der Waals surface area (Å²) in [5, 5.41) is 0. The normalized spacial score (nSPS) is 25.2. The van der Waals surface area contributed by atoms with Crippen molar-refractivity contribution in [1.29, 1.82) is 0 Å². The third-order valence-electron chi connectivity index (χ3n) is 3.31. The van der Waals surface area contributed by atoms with Crippen molar-refractivity contribution in [3.63, 3.8) is 0 Å². The molecule has 1 fully saturated rings. The number of rotatable bonds is 5. The van der Waals surface area contributed by atoms with Crippen LogP contribution in [0.25, 0.3) is 0 Å². The monoisotopic (exact) mass is 274 g/mol. The Balaban J connectivity index is 0.00000256. The van der Waals surface area contributed by atoms with E-state index >= 15 is 0 Å². The molecule has 6 heteroatoms. The van der Waals surface area contributed by atoms with Crippen molar-refractivity contribution in [1.82, 2.24) is 0 Å². The minimum absolute atomic E-state index is 0. The molecule has 1 saturated carbocycles. The smallest absolute Gasteiger partial charge is 0.445 e. The molecule has 0 aromatic heterocycles. The van der Waals surface area contributed by atoms with Gasteiger partial charge in [0, 0.05) is 6.61 Å². The summed E-state index contributed by atoms with van der Waals surface area (Å²) in [4.78, 5) is 0. The molecule has 0 bridgehead atoms. The minimum atomic E-state index is -4.94. The van der Waals surface area contributed by atoms with E-state index in [0.717, 1.165) is 25.7 Å². The van der Waals surface area contributed by atoms with Gasteiger partial charge in [-0.1, -0.05) is 26.2 Å². The van der Waals surface area contributed by atoms with Gasteiger partial charge in [0.15, 0.2) is 0 Å². The number of ether oxygens (including phenoxy) is 1. The van der Waals surface area contributed by atoms with Crippen molar-refractivity contribution < 1.29 is 69.1 Å². The largest absolute Gasteiger partial charge is 1.00 e. The van der Waals surface area contributed by atoms with E-state index in [1.54, 1.807) is 0 Å². The van der Waals surface area contributed by atoms with Gasteiger partial charge in [-0.3, -0.25) is 0 Å². The molecule has 17 heavy (non-hydrogen) atoms. The number of halogens is 3. The molecule has 0 heterocycles. The number of hydrogen-bond acceptors (Lipinski definition) is 1. The molecule has 2 unspecified atom stereocenters. The van der Waals surface area contributed by atoms with Gasteiger partial charge in [0.25, 0.3) is 0 Å². The van der Waals surface area contributed by atoms with Crippen molar-refractivity contribution in [2.24, 2.45) is 5.92 Å². The zero-order chi connectivity index (χ0) is 12.2. The van der Waals surface area contributed by atoms with Gasteiger partial charge in [-0.25, -0.2) is 0 Å². The molecule has 0 spiro atoms. The predicted molar refractivity (Wildman–Crippen MR) is 60.2 cm³/mol. The van der Waals surface area contributed by atoms with Crippen LogP contribution < -0.4 is 51.4 Å². The van der Waals surface area contributed by atoms with Crippen molar-refractivity contribution in [2.75, 3.05) is 6.61 Å². The van der Waals surface area contributed by atoms with Crippen LogP contribution in [0.2, 0.25) is 0 Å². The maximum Gasteiger partial charge on any atom is 1.00 e. The van der Waals surface area contributed by atoms with E-state index in [9.17, 15) is 12.9 Å². The van der Waals surface area contributed by atoms with Crippen molar-refractivity contribution in [3.05, 3.63) is 12.1 Å². The first-order valence-corrected chi connectivity index (χ1v) is 5.94. The SMILES string of the molecule is C=C(COC1CCCCC1CC)[B-](F)(F)F.[K+]. The Bertz CT molecular complexity index is 245. The molecular formula is C11H19BF3KO. The molecule has 1 rings (SSSR count). The Kier molecular flexibility index (Phi) is 8.97. The maximum atomic E-state index is 12.3. The van der Waals surface area contributed by atoms with Crippen LogP contribution in [-0.4, -0.2) is 19.7 Å². The molecule has 0 saturated heterocycles. The van der Waals surface area contributed by atoms with Gasteiger partial charge in [-0.15, -0.1) is 12.1 Å². The fraction of sp³-hybridized carbons (Fsp3) is 0.818. The average molecular weight is 274 g/mol. The summed E-state index contributed by atoms with van der Waals surface area (Å²) in [7, 11) is 0. The molecule has 1 aliphatic rings. The van der Waals surface area contributed by atoms with Crippen LogP contribution in [0.1, 0.15) is 39.0 Å². The van der Waals surface area contributed by atoms with E-state index in [2.05, 4.69) is 13.5 Å². The van der Waals surface area contributed by atoms with Crippen LogP contribution in [0.5, 0.6) is 0 Å². The summed E-state index contributed by atoms with van der Waals surface area (Å²) in [5.41, 5.74) is -0.722. The molecule has 94 valence electrons. The van der Waals surface area contributed by atoms with Crippen LogP contribution in [0.15, 0.2) is 12.1 Å². The van der Waals surface area contributed by atoms with Crippen LogP contribution in [0.4, 0.5) is 12.9 Å². The van der Waals surface area contributed by atoms with Crippen LogP contribution in [0.3, 0.4) is 0 Å². The average Bonchev–Trinajstić information content (AvgIpc) is 2.24. The van der Waals surface area contributed by atoms with Crippen molar-refractivity contribution in [2.45, 2.75) is 45.1 Å². The van der Waals surface area contributed by atoms with Gasteiger partial charge in [-0.05, 0) is 18.8 Å². The van der Waals surface area contributed by atoms with E-state index < -0.39 is 12.4 Å². The van der Waals surface area contributed by atoms with Crippen LogP contribution in [-0.2, 0) is 4.74 Å². The second-order valence-electron chi connectivity index (χ2n) is 4.54. The van der Waals surface area contributed by atoms with Gasteiger partial charge in [0.05, 0.1) is 6.10 Å². The summed E-state index contributed by atoms with van der Waals surface area (Å²) >= 11 is 0. The molecule has 0 aromatic rings. The quantitative estimate of drug-likeness (QED) is 0.677. The van der Waals surface area contributed by atoms with Gasteiger partial charge < -0.3 is 17.7 Å². The first-order chi connectivity index (χ1) is 7.45. The summed E-state index contributed by atoms with van der Waals surface area (Å²) in [6.07, 6.45) is 5.16. The molecular weight excluding hydrogens is 255 g/mol. The number of hydrogen-bond donors (Lipinski definition) is 0. The maximum absolute atomic E-state index is 12.3. The zero-order valence-electron chi connectivity index (χ0n) is 10.7. The summed E-state index contributed by atoms with van der Waals surface area (Å²) in [6, 6.07) is 0. The first kappa shape index (κ1) is 18.2. The standard InChI is InChI=1S/C11H19BF3O.K/c1-3-10-6-4-5-7-11(10)16-8-9(2)12(13,14)15;/h10-11H,2-8H2,1H3;/q-1;+1. The van der Waals surface area contributed by atoms with E-state index in [1.807, 2.05) is 0 Å². The second-order valence-corrected chi connectivity index (χ2v) is 4.54. The van der Waals surface area contributed by atoms with Crippen molar-refractivity contribution >= 4 is 6.98 Å². The van der Waals surface area contributed by atoms with Crippen molar-refractivity contribution in [3.8, 4) is 0 Å². The summed E-state index contributed by atoms with van der Waals surface area (Å²) in [6.45, 7) is -0.194. The second kappa shape index (κ2) is 8.38. The Morgan fingerprint density at radius 3 is 2.41 bits per heavy atom. The van der Waals surface area contributed by atoms with E-state index in [-0.39, 0.29) is 64.1 Å². The fourth-order valence-electron chi connectivity index (χ4n) is 2.17. The first-order valence-electron chi connectivity index (χ1n) is 5.94. The zero-order valence-corrected chi connectivity index (χ0v) is 13.8. The van der Waals surface area contributed by atoms with Gasteiger partial charge in [-0.2, -0.15) is 0 Å². The summed E-state index contributed by atoms with van der Waals surface area (Å²) < 4.78 is 42.2. The molecule has 0 N–H and O–H groups in total. The molecule has 0 radical (unpaired) electrons. The Morgan fingerprint density at radius 1 is 1.29 bits per heavy atom. The van der Waals surface area contributed by atoms with Crippen LogP contribution in [0, 0.1) is 5.92 Å². The Labute approximate surface area is 144 Å². The minimum Gasteiger partial charge on any atom is -0.445 e. The molecule has 1 nitrogen and oxygen atoms in total. The topological polar surface area (TPSA) is 9.23 Å².